The van der Waals surface area contributed by atoms with Gasteiger partial charge in [0.1, 0.15) is 13.2 Å². The van der Waals surface area contributed by atoms with Crippen LogP contribution in [-0.4, -0.2) is 37.2 Å². The number of carbonyl (C=O) groups excluding carboxylic acids is 3. The fourth-order valence-electron chi connectivity index (χ4n) is 9.93. The smallest absolute Gasteiger partial charge is 0.306 e. The molecule has 70 heavy (non-hydrogen) atoms. The molecule has 0 amide bonds. The Morgan fingerprint density at radius 2 is 0.471 bits per heavy atom. The molecule has 0 fully saturated rings. The van der Waals surface area contributed by atoms with Crippen LogP contribution in [0.25, 0.3) is 0 Å². The van der Waals surface area contributed by atoms with Gasteiger partial charge in [0.15, 0.2) is 6.10 Å². The number of hydrogen-bond acceptors (Lipinski definition) is 6. The third kappa shape index (κ3) is 57.3. The fraction of sp³-hybridized carbons (Fsp3) is 0.953. The van der Waals surface area contributed by atoms with E-state index >= 15 is 0 Å². The summed E-state index contributed by atoms with van der Waals surface area (Å²) in [4.78, 5) is 38.3. The van der Waals surface area contributed by atoms with Crippen molar-refractivity contribution in [1.82, 2.24) is 0 Å². The molecule has 0 aliphatic heterocycles. The van der Waals surface area contributed by atoms with E-state index in [1.54, 1.807) is 0 Å². The molecule has 0 aromatic rings. The average Bonchev–Trinajstić information content (AvgIpc) is 3.33. The first-order valence-electron chi connectivity index (χ1n) is 31.7. The molecule has 0 aliphatic carbocycles. The second kappa shape index (κ2) is 56.7. The maximum atomic E-state index is 12.9. The first-order chi connectivity index (χ1) is 34.2. The number of carbonyl (C=O) groups is 3. The Hall–Kier alpha value is -1.59. The lowest BCUT2D eigenvalue weighted by atomic mass is 10.0. The molecule has 0 spiro atoms. The van der Waals surface area contributed by atoms with Crippen LogP contribution in [-0.2, 0) is 28.6 Å². The van der Waals surface area contributed by atoms with Gasteiger partial charge in [0.05, 0.1) is 0 Å². The van der Waals surface area contributed by atoms with Gasteiger partial charge < -0.3 is 14.2 Å². The van der Waals surface area contributed by atoms with Crippen molar-refractivity contribution in [3.8, 4) is 0 Å². The van der Waals surface area contributed by atoms with E-state index in [-0.39, 0.29) is 31.1 Å². The first kappa shape index (κ1) is 68.4. The molecule has 0 N–H and O–H groups in total. The minimum Gasteiger partial charge on any atom is -0.462 e. The Morgan fingerprint density at radius 3 is 0.700 bits per heavy atom. The topological polar surface area (TPSA) is 78.9 Å². The van der Waals surface area contributed by atoms with Crippen molar-refractivity contribution in [2.75, 3.05) is 13.2 Å². The van der Waals surface area contributed by atoms with Gasteiger partial charge in [-0.3, -0.25) is 14.4 Å². The summed E-state index contributed by atoms with van der Waals surface area (Å²) in [6.45, 7) is 11.5. The van der Waals surface area contributed by atoms with Gasteiger partial charge in [0.2, 0.25) is 0 Å². The third-order valence-corrected chi connectivity index (χ3v) is 14.7. The normalized spacial score (nSPS) is 12.0. The molecule has 6 heteroatoms. The van der Waals surface area contributed by atoms with Crippen LogP contribution in [0.3, 0.4) is 0 Å². The lowest BCUT2D eigenvalue weighted by Gasteiger charge is -2.18. The zero-order valence-electron chi connectivity index (χ0n) is 48.2. The van der Waals surface area contributed by atoms with E-state index in [9.17, 15) is 14.4 Å². The summed E-state index contributed by atoms with van der Waals surface area (Å²) in [5.41, 5.74) is 0. The molecule has 0 unspecified atom stereocenters. The van der Waals surface area contributed by atoms with Crippen molar-refractivity contribution in [1.29, 1.82) is 0 Å². The van der Waals surface area contributed by atoms with E-state index in [1.807, 2.05) is 0 Å². The Balaban J connectivity index is 4.25. The summed E-state index contributed by atoms with van der Waals surface area (Å²) in [5, 5.41) is 0. The van der Waals surface area contributed by atoms with Crippen molar-refractivity contribution >= 4 is 17.9 Å². The van der Waals surface area contributed by atoms with Crippen LogP contribution >= 0.6 is 0 Å². The summed E-state index contributed by atoms with van der Waals surface area (Å²) in [6, 6.07) is 0. The van der Waals surface area contributed by atoms with Gasteiger partial charge in [0.25, 0.3) is 0 Å². The van der Waals surface area contributed by atoms with E-state index in [2.05, 4.69) is 34.6 Å². The lowest BCUT2D eigenvalue weighted by molar-refractivity contribution is -0.167. The predicted molar refractivity (Wildman–Crippen MR) is 303 cm³/mol. The minimum atomic E-state index is -0.763. The number of ether oxygens (including phenoxy) is 3. The Morgan fingerprint density at radius 1 is 0.271 bits per heavy atom. The lowest BCUT2D eigenvalue weighted by Crippen LogP contribution is -2.30. The first-order valence-corrected chi connectivity index (χ1v) is 31.7. The Labute approximate surface area is 438 Å². The van der Waals surface area contributed by atoms with Crippen LogP contribution in [0.15, 0.2) is 0 Å². The molecular weight excluding hydrogens is 865 g/mol. The summed E-state index contributed by atoms with van der Waals surface area (Å²) >= 11 is 0. The second-order valence-electron chi connectivity index (χ2n) is 23.0. The van der Waals surface area contributed by atoms with Gasteiger partial charge >= 0.3 is 17.9 Å². The second-order valence-corrected chi connectivity index (χ2v) is 23.0. The molecule has 6 nitrogen and oxygen atoms in total. The maximum Gasteiger partial charge on any atom is 0.306 e. The van der Waals surface area contributed by atoms with Crippen LogP contribution in [0, 0.1) is 11.8 Å². The van der Waals surface area contributed by atoms with E-state index < -0.39 is 6.10 Å². The summed E-state index contributed by atoms with van der Waals surface area (Å²) < 4.78 is 16.9. The van der Waals surface area contributed by atoms with Crippen molar-refractivity contribution in [3.05, 3.63) is 0 Å². The Bertz CT molecular complexity index is 1070. The van der Waals surface area contributed by atoms with Gasteiger partial charge in [-0.05, 0) is 31.1 Å². The van der Waals surface area contributed by atoms with Crippen LogP contribution in [0.4, 0.5) is 0 Å². The van der Waals surface area contributed by atoms with Gasteiger partial charge in [0, 0.05) is 19.3 Å². The molecule has 0 aromatic heterocycles. The van der Waals surface area contributed by atoms with E-state index in [0.717, 1.165) is 69.6 Å². The van der Waals surface area contributed by atoms with Crippen LogP contribution in [0.1, 0.15) is 362 Å². The maximum absolute atomic E-state index is 12.9. The molecule has 0 radical (unpaired) electrons. The molecule has 0 bridgehead atoms. The van der Waals surface area contributed by atoms with Crippen molar-refractivity contribution < 1.29 is 28.6 Å². The summed E-state index contributed by atoms with van der Waals surface area (Å²) in [5.74, 6) is 0.875. The molecule has 0 saturated heterocycles. The van der Waals surface area contributed by atoms with Gasteiger partial charge in [-0.1, -0.05) is 324 Å². The number of esters is 3. The largest absolute Gasteiger partial charge is 0.462 e. The zero-order chi connectivity index (χ0) is 51.1. The highest BCUT2D eigenvalue weighted by molar-refractivity contribution is 5.71. The van der Waals surface area contributed by atoms with E-state index in [4.69, 9.17) is 14.2 Å². The summed E-state index contributed by atoms with van der Waals surface area (Å²) in [7, 11) is 0. The number of hydrogen-bond donors (Lipinski definition) is 0. The number of unbranched alkanes of at least 4 members (excludes halogenated alkanes) is 43. The third-order valence-electron chi connectivity index (χ3n) is 14.7. The molecule has 416 valence electrons. The van der Waals surface area contributed by atoms with Crippen LogP contribution in [0.2, 0.25) is 0 Å². The highest BCUT2D eigenvalue weighted by atomic mass is 16.6. The fourth-order valence-corrected chi connectivity index (χ4v) is 9.93. The van der Waals surface area contributed by atoms with E-state index in [0.29, 0.717) is 19.3 Å². The SMILES string of the molecule is CCCCCCCCCCCCCCCC(=O)OC[C@H](COC(=O)CCCCCCCCCCCCCCCCCCCCC(C)C)OC(=O)CCCCCCCCCCCCCCCCCC(C)C. The van der Waals surface area contributed by atoms with Crippen molar-refractivity contribution in [2.24, 2.45) is 11.8 Å². The molecule has 1 atom stereocenters. The Kier molecular flexibility index (Phi) is 55.4. The van der Waals surface area contributed by atoms with Gasteiger partial charge in [-0.2, -0.15) is 0 Å². The monoisotopic (exact) mass is 989 g/mol. The molecule has 0 rings (SSSR count). The summed E-state index contributed by atoms with van der Waals surface area (Å²) in [6.07, 6.45) is 62.5. The highest BCUT2D eigenvalue weighted by Crippen LogP contribution is 2.19. The zero-order valence-corrected chi connectivity index (χ0v) is 48.2. The van der Waals surface area contributed by atoms with Crippen molar-refractivity contribution in [2.45, 2.75) is 368 Å². The molecular formula is C64H124O6. The van der Waals surface area contributed by atoms with Gasteiger partial charge in [-0.15, -0.1) is 0 Å². The van der Waals surface area contributed by atoms with Crippen molar-refractivity contribution in [3.63, 3.8) is 0 Å². The quantitative estimate of drug-likeness (QED) is 0.0343. The molecule has 0 aliphatic rings. The average molecular weight is 990 g/mol. The molecule has 0 aromatic carbocycles. The predicted octanol–water partition coefficient (Wildman–Crippen LogP) is 21.2. The molecule has 0 saturated carbocycles. The van der Waals surface area contributed by atoms with Crippen LogP contribution < -0.4 is 0 Å². The minimum absolute atomic E-state index is 0.0618. The molecule has 0 heterocycles. The highest BCUT2D eigenvalue weighted by Gasteiger charge is 2.19. The standard InChI is InChI=1S/C64H124O6/c1-6-7-8-9-10-11-12-22-29-34-39-44-49-54-62(65)68-57-61(70-64(67)56-51-46-41-36-31-26-21-17-19-24-28-33-38-43-48-53-60(4)5)58-69-63(66)55-50-45-40-35-30-25-20-16-14-13-15-18-23-27-32-37-42-47-52-59(2)3/h59-61H,6-58H2,1-5H3/t61-/m1/s1. The van der Waals surface area contributed by atoms with E-state index in [1.165, 1.54) is 250 Å². The van der Waals surface area contributed by atoms with Gasteiger partial charge in [-0.25, -0.2) is 0 Å². The van der Waals surface area contributed by atoms with Crippen LogP contribution in [0.5, 0.6) is 0 Å². The number of rotatable bonds is 58.